The normalized spacial score (nSPS) is 14.4. The summed E-state index contributed by atoms with van der Waals surface area (Å²) >= 11 is 2.37. The van der Waals surface area contributed by atoms with E-state index in [2.05, 4.69) is 53.1 Å². The van der Waals surface area contributed by atoms with E-state index in [4.69, 9.17) is 5.73 Å². The Morgan fingerprint density at radius 2 is 2.06 bits per heavy atom. The molecule has 168 valence electrons. The lowest BCUT2D eigenvalue weighted by Gasteiger charge is -2.30. The number of benzene rings is 1. The molecular weight excluding hydrogens is 531 g/mol. The Labute approximate surface area is 205 Å². The van der Waals surface area contributed by atoms with E-state index >= 15 is 0 Å². The maximum Gasteiger partial charge on any atom is 0.251 e. The van der Waals surface area contributed by atoms with Gasteiger partial charge in [-0.15, -0.1) is 0 Å². The molecule has 0 saturated carbocycles. The molecule has 0 spiro atoms. The van der Waals surface area contributed by atoms with Crippen LogP contribution < -0.4 is 16.4 Å². The molecule has 9 nitrogen and oxygen atoms in total. The molecule has 2 aromatic heterocycles. The maximum atomic E-state index is 12.8. The van der Waals surface area contributed by atoms with Gasteiger partial charge in [-0.1, -0.05) is 28.7 Å². The van der Waals surface area contributed by atoms with Crippen molar-refractivity contribution in [1.29, 1.82) is 5.26 Å². The monoisotopic (exact) mass is 554 g/mol. The first-order chi connectivity index (χ1) is 16.1. The van der Waals surface area contributed by atoms with Gasteiger partial charge in [-0.25, -0.2) is 15.0 Å². The van der Waals surface area contributed by atoms with Crippen LogP contribution in [-0.4, -0.2) is 49.4 Å². The van der Waals surface area contributed by atoms with Gasteiger partial charge in [0.2, 0.25) is 5.95 Å². The number of aromatic nitrogens is 3. The van der Waals surface area contributed by atoms with Gasteiger partial charge in [-0.3, -0.25) is 9.69 Å². The number of halogens is 1. The number of carbonyl (C=O) groups excluding carboxylic acids is 1. The minimum Gasteiger partial charge on any atom is -0.383 e. The summed E-state index contributed by atoms with van der Waals surface area (Å²) < 4.78 is 1.02. The summed E-state index contributed by atoms with van der Waals surface area (Å²) in [5.74, 6) is 0.462. The van der Waals surface area contributed by atoms with E-state index in [-0.39, 0.29) is 17.8 Å². The molecular formula is C23H23IN8O. The molecule has 10 heteroatoms. The Hall–Kier alpha value is -3.30. The zero-order chi connectivity index (χ0) is 23.2. The number of nitriles is 1. The summed E-state index contributed by atoms with van der Waals surface area (Å²) in [6, 6.07) is 12.8. The number of pyridine rings is 1. The summed E-state index contributed by atoms with van der Waals surface area (Å²) in [4.78, 5) is 28.0. The second kappa shape index (κ2) is 10.5. The van der Waals surface area contributed by atoms with E-state index in [9.17, 15) is 10.1 Å². The van der Waals surface area contributed by atoms with Gasteiger partial charge in [0, 0.05) is 48.3 Å². The number of piperidine rings is 1. The molecule has 0 unspecified atom stereocenters. The highest BCUT2D eigenvalue weighted by Gasteiger charge is 2.20. The molecule has 1 aliphatic rings. The molecule has 0 bridgehead atoms. The first-order valence-corrected chi connectivity index (χ1v) is 12.0. The highest BCUT2D eigenvalue weighted by Crippen LogP contribution is 2.22. The maximum absolute atomic E-state index is 12.8. The van der Waals surface area contributed by atoms with Gasteiger partial charge >= 0.3 is 0 Å². The molecule has 3 aromatic rings. The van der Waals surface area contributed by atoms with Crippen molar-refractivity contribution in [3.8, 4) is 17.3 Å². The highest BCUT2D eigenvalue weighted by molar-refractivity contribution is 14.1. The molecule has 1 amide bonds. The van der Waals surface area contributed by atoms with E-state index in [1.165, 1.54) is 0 Å². The number of anilines is 3. The van der Waals surface area contributed by atoms with Gasteiger partial charge in [0.15, 0.2) is 0 Å². The van der Waals surface area contributed by atoms with Crippen molar-refractivity contribution >= 4 is 46.0 Å². The van der Waals surface area contributed by atoms with Crippen LogP contribution in [0.2, 0.25) is 0 Å². The number of nitrogens with zero attached hydrogens (tertiary/aromatic N) is 5. The Kier molecular flexibility index (Phi) is 7.31. The molecule has 1 aromatic carbocycles. The summed E-state index contributed by atoms with van der Waals surface area (Å²) in [5, 5.41) is 15.5. The zero-order valence-electron chi connectivity index (χ0n) is 17.8. The van der Waals surface area contributed by atoms with Crippen LogP contribution in [-0.2, 0) is 0 Å². The Morgan fingerprint density at radius 1 is 1.24 bits per heavy atom. The molecule has 3 heterocycles. The van der Waals surface area contributed by atoms with Crippen molar-refractivity contribution in [3.05, 3.63) is 59.9 Å². The third kappa shape index (κ3) is 5.74. The van der Waals surface area contributed by atoms with Gasteiger partial charge in [0.25, 0.3) is 5.91 Å². The van der Waals surface area contributed by atoms with Crippen molar-refractivity contribution in [2.24, 2.45) is 0 Å². The number of alkyl halides is 1. The first-order valence-electron chi connectivity index (χ1n) is 10.5. The van der Waals surface area contributed by atoms with Crippen molar-refractivity contribution in [1.82, 2.24) is 25.2 Å². The second-order valence-corrected chi connectivity index (χ2v) is 8.41. The Morgan fingerprint density at radius 3 is 2.82 bits per heavy atom. The predicted molar refractivity (Wildman–Crippen MR) is 135 cm³/mol. The topological polar surface area (TPSA) is 133 Å². The second-order valence-electron chi connectivity index (χ2n) is 7.73. The van der Waals surface area contributed by atoms with E-state index in [0.29, 0.717) is 34.0 Å². The molecule has 0 atom stereocenters. The van der Waals surface area contributed by atoms with Crippen LogP contribution in [0.4, 0.5) is 17.5 Å². The van der Waals surface area contributed by atoms with Crippen LogP contribution in [0.25, 0.3) is 11.3 Å². The van der Waals surface area contributed by atoms with Crippen LogP contribution in [0.5, 0.6) is 0 Å². The third-order valence-corrected chi connectivity index (χ3v) is 6.43. The van der Waals surface area contributed by atoms with Crippen molar-refractivity contribution < 1.29 is 4.79 Å². The van der Waals surface area contributed by atoms with Crippen LogP contribution in [0.1, 0.15) is 28.8 Å². The number of hydrogen-bond donors (Lipinski definition) is 3. The average Bonchev–Trinajstić information content (AvgIpc) is 2.85. The molecule has 1 aliphatic heterocycles. The van der Waals surface area contributed by atoms with E-state index in [1.807, 2.05) is 18.2 Å². The van der Waals surface area contributed by atoms with Gasteiger partial charge in [-0.05, 0) is 43.2 Å². The van der Waals surface area contributed by atoms with Gasteiger partial charge < -0.3 is 16.4 Å². The quantitative estimate of drug-likeness (QED) is 0.240. The molecule has 0 aliphatic carbocycles. The summed E-state index contributed by atoms with van der Waals surface area (Å²) in [6.07, 6.45) is 5.10. The fourth-order valence-electron chi connectivity index (χ4n) is 3.62. The number of likely N-dealkylation sites (tertiary alicyclic amines) is 1. The lowest BCUT2D eigenvalue weighted by molar-refractivity contribution is 0.0916. The fraction of sp³-hybridized carbons (Fsp3) is 0.261. The predicted octanol–water partition coefficient (Wildman–Crippen LogP) is 3.32. The summed E-state index contributed by atoms with van der Waals surface area (Å²) in [7, 11) is 0. The Balaban J connectivity index is 1.45. The molecule has 1 saturated heterocycles. The smallest absolute Gasteiger partial charge is 0.251 e. The highest BCUT2D eigenvalue weighted by atomic mass is 127. The van der Waals surface area contributed by atoms with Crippen molar-refractivity contribution in [3.63, 3.8) is 0 Å². The number of nitrogens with one attached hydrogen (secondary N) is 2. The molecule has 0 radical (unpaired) electrons. The van der Waals surface area contributed by atoms with Crippen molar-refractivity contribution in [2.75, 3.05) is 28.7 Å². The standard InChI is InChI=1S/C23H23IN8O/c24-14-32-8-5-18(6-9-32)29-22(33)15-2-1-3-19(11-15)30-23-27-7-4-20(31-23)17-10-16(12-25)21(26)28-13-17/h1-4,7,10-11,13,18H,5-6,8-9,14H2,(H2,26,28)(H,29,33)(H,27,30,31). The number of rotatable bonds is 6. The number of amides is 1. The lowest BCUT2D eigenvalue weighted by atomic mass is 10.0. The summed E-state index contributed by atoms with van der Waals surface area (Å²) in [5.41, 5.74) is 8.54. The van der Waals surface area contributed by atoms with E-state index in [0.717, 1.165) is 30.5 Å². The van der Waals surface area contributed by atoms with E-state index in [1.54, 1.807) is 36.7 Å². The number of nitrogens with two attached hydrogens (primary N) is 1. The van der Waals surface area contributed by atoms with Crippen LogP contribution >= 0.6 is 22.6 Å². The molecule has 4 rings (SSSR count). The van der Waals surface area contributed by atoms with Crippen LogP contribution in [0.3, 0.4) is 0 Å². The third-order valence-electron chi connectivity index (χ3n) is 5.46. The fourth-order valence-corrected chi connectivity index (χ4v) is 4.30. The number of nitrogen functional groups attached to an aromatic ring is 1. The molecule has 1 fully saturated rings. The van der Waals surface area contributed by atoms with Gasteiger partial charge in [-0.2, -0.15) is 5.26 Å². The zero-order valence-corrected chi connectivity index (χ0v) is 20.0. The first kappa shape index (κ1) is 22.9. The minimum atomic E-state index is -0.0850. The minimum absolute atomic E-state index is 0.0850. The van der Waals surface area contributed by atoms with E-state index < -0.39 is 0 Å². The largest absolute Gasteiger partial charge is 0.383 e. The molecule has 33 heavy (non-hydrogen) atoms. The SMILES string of the molecule is N#Cc1cc(-c2ccnc(Nc3cccc(C(=O)NC4CCN(CI)CC4)c3)n2)cnc1N. The summed E-state index contributed by atoms with van der Waals surface area (Å²) in [6.45, 7) is 2.01. The lowest BCUT2D eigenvalue weighted by Crippen LogP contribution is -2.44. The van der Waals surface area contributed by atoms with Crippen LogP contribution in [0.15, 0.2) is 48.8 Å². The van der Waals surface area contributed by atoms with Crippen molar-refractivity contribution in [2.45, 2.75) is 18.9 Å². The Bertz CT molecular complexity index is 1190. The number of hydrogen-bond acceptors (Lipinski definition) is 8. The average molecular weight is 554 g/mol. The van der Waals surface area contributed by atoms with Crippen LogP contribution in [0, 0.1) is 11.3 Å². The number of carbonyl (C=O) groups is 1. The van der Waals surface area contributed by atoms with Gasteiger partial charge in [0.1, 0.15) is 11.9 Å². The molecule has 4 N–H and O–H groups in total. The van der Waals surface area contributed by atoms with Gasteiger partial charge in [0.05, 0.1) is 15.8 Å².